The first-order chi connectivity index (χ1) is 9.86. The first-order valence-electron chi connectivity index (χ1n) is 8.10. The zero-order valence-corrected chi connectivity index (χ0v) is 12.8. The van der Waals surface area contributed by atoms with Crippen molar-refractivity contribution >= 4 is 0 Å². The molecule has 1 aliphatic heterocycles. The van der Waals surface area contributed by atoms with E-state index in [-0.39, 0.29) is 0 Å². The lowest BCUT2D eigenvalue weighted by Gasteiger charge is -2.00. The third kappa shape index (κ3) is 4.39. The number of hydrogen-bond acceptors (Lipinski definition) is 1. The summed E-state index contributed by atoms with van der Waals surface area (Å²) in [7, 11) is 0. The Hall–Kier alpha value is -1.26. The summed E-state index contributed by atoms with van der Waals surface area (Å²) in [5.41, 5.74) is 2.44. The third-order valence-corrected chi connectivity index (χ3v) is 3.80. The predicted molar refractivity (Wildman–Crippen MR) is 84.6 cm³/mol. The second kappa shape index (κ2) is 8.12. The van der Waals surface area contributed by atoms with Crippen molar-refractivity contribution in [2.75, 3.05) is 0 Å². The molecule has 2 unspecified atom stereocenters. The largest absolute Gasteiger partial charge is 0.364 e. The molecule has 1 aromatic rings. The third-order valence-electron chi connectivity index (χ3n) is 3.80. The van der Waals surface area contributed by atoms with Gasteiger partial charge in [0.15, 0.2) is 0 Å². The minimum Gasteiger partial charge on any atom is -0.364 e. The highest BCUT2D eigenvalue weighted by Gasteiger charge is 2.39. The fourth-order valence-electron chi connectivity index (χ4n) is 2.58. The maximum atomic E-state index is 5.78. The molecule has 1 aliphatic rings. The second-order valence-electron chi connectivity index (χ2n) is 5.58. The van der Waals surface area contributed by atoms with Gasteiger partial charge < -0.3 is 4.74 Å². The quantitative estimate of drug-likeness (QED) is 0.374. The molecule has 0 spiro atoms. The van der Waals surface area contributed by atoms with E-state index in [0.29, 0.717) is 12.2 Å². The Balaban J connectivity index is 1.90. The van der Waals surface area contributed by atoms with E-state index in [4.69, 9.17) is 4.74 Å². The van der Waals surface area contributed by atoms with E-state index < -0.39 is 0 Å². The second-order valence-corrected chi connectivity index (χ2v) is 5.58. The minimum atomic E-state index is 0.292. The molecule has 0 bridgehead atoms. The van der Waals surface area contributed by atoms with Crippen molar-refractivity contribution in [1.29, 1.82) is 0 Å². The van der Waals surface area contributed by atoms with E-state index in [1.807, 2.05) is 0 Å². The lowest BCUT2D eigenvalue weighted by atomic mass is 10.0. The number of hydrogen-bond donors (Lipinski definition) is 0. The van der Waals surface area contributed by atoms with E-state index in [9.17, 15) is 0 Å². The average molecular weight is 270 g/mol. The Morgan fingerprint density at radius 3 is 2.70 bits per heavy atom. The number of rotatable bonds is 7. The molecule has 0 aromatic heterocycles. The van der Waals surface area contributed by atoms with Gasteiger partial charge in [-0.2, -0.15) is 0 Å². The van der Waals surface area contributed by atoms with Crippen LogP contribution in [0.15, 0.2) is 24.3 Å². The van der Waals surface area contributed by atoms with Gasteiger partial charge in [0.25, 0.3) is 0 Å². The first kappa shape index (κ1) is 15.1. The van der Waals surface area contributed by atoms with E-state index in [2.05, 4.69) is 50.0 Å². The maximum Gasteiger partial charge on any atom is 0.110 e. The van der Waals surface area contributed by atoms with Gasteiger partial charge in [0.2, 0.25) is 0 Å². The molecule has 0 aliphatic carbocycles. The monoisotopic (exact) mass is 270 g/mol. The summed E-state index contributed by atoms with van der Waals surface area (Å²) >= 11 is 0. The fraction of sp³-hybridized carbons (Fsp3) is 0.579. The molecule has 0 amide bonds. The highest BCUT2D eigenvalue weighted by Crippen LogP contribution is 2.42. The zero-order chi connectivity index (χ0) is 14.2. The molecule has 0 N–H and O–H groups in total. The molecule has 20 heavy (non-hydrogen) atoms. The molecule has 1 fully saturated rings. The van der Waals surface area contributed by atoms with E-state index >= 15 is 0 Å². The normalized spacial score (nSPS) is 20.3. The Morgan fingerprint density at radius 2 is 1.90 bits per heavy atom. The molecule has 1 heteroatoms. The maximum absolute atomic E-state index is 5.78. The van der Waals surface area contributed by atoms with Gasteiger partial charge in [-0.05, 0) is 24.5 Å². The Morgan fingerprint density at radius 1 is 1.05 bits per heavy atom. The van der Waals surface area contributed by atoms with Crippen LogP contribution in [0.2, 0.25) is 0 Å². The van der Waals surface area contributed by atoms with Crippen LogP contribution in [0.25, 0.3) is 0 Å². The summed E-state index contributed by atoms with van der Waals surface area (Å²) in [4.78, 5) is 0. The standard InChI is InChI=1S/C19H26O/c1-3-5-6-7-8-9-13-16-14-10-11-15-17(16)19-18(20-19)12-4-2/h10-11,14-15,18-19H,3-8,12H2,1-2H3. The molecule has 1 aromatic carbocycles. The summed E-state index contributed by atoms with van der Waals surface area (Å²) in [6, 6.07) is 8.45. The van der Waals surface area contributed by atoms with Crippen LogP contribution in [0, 0.1) is 11.8 Å². The Bertz CT molecular complexity index is 466. The molecule has 0 radical (unpaired) electrons. The van der Waals surface area contributed by atoms with Crippen LogP contribution in [0.5, 0.6) is 0 Å². The Kier molecular flexibility index (Phi) is 6.15. The first-order valence-corrected chi connectivity index (χ1v) is 8.10. The molecule has 2 atom stereocenters. The van der Waals surface area contributed by atoms with Gasteiger partial charge in [0, 0.05) is 12.0 Å². The lowest BCUT2D eigenvalue weighted by molar-refractivity contribution is 0.364. The molecule has 1 nitrogen and oxygen atoms in total. The topological polar surface area (TPSA) is 12.5 Å². The smallest absolute Gasteiger partial charge is 0.110 e. The van der Waals surface area contributed by atoms with Gasteiger partial charge in [-0.3, -0.25) is 0 Å². The van der Waals surface area contributed by atoms with Crippen LogP contribution in [-0.2, 0) is 4.74 Å². The van der Waals surface area contributed by atoms with Crippen molar-refractivity contribution in [3.8, 4) is 11.8 Å². The highest BCUT2D eigenvalue weighted by molar-refractivity contribution is 5.44. The van der Waals surface area contributed by atoms with Gasteiger partial charge in [-0.25, -0.2) is 0 Å². The highest BCUT2D eigenvalue weighted by atomic mass is 16.6. The number of epoxide rings is 1. The minimum absolute atomic E-state index is 0.292. The number of ether oxygens (including phenoxy) is 1. The summed E-state index contributed by atoms with van der Waals surface area (Å²) in [5, 5.41) is 0. The van der Waals surface area contributed by atoms with Crippen molar-refractivity contribution in [1.82, 2.24) is 0 Å². The van der Waals surface area contributed by atoms with Crippen molar-refractivity contribution in [3.05, 3.63) is 35.4 Å². The molecule has 0 saturated carbocycles. The van der Waals surface area contributed by atoms with Gasteiger partial charge in [0.05, 0.1) is 6.10 Å². The summed E-state index contributed by atoms with van der Waals surface area (Å²) < 4.78 is 5.78. The van der Waals surface area contributed by atoms with Crippen molar-refractivity contribution in [2.24, 2.45) is 0 Å². The van der Waals surface area contributed by atoms with Gasteiger partial charge >= 0.3 is 0 Å². The van der Waals surface area contributed by atoms with Crippen LogP contribution in [0.4, 0.5) is 0 Å². The summed E-state index contributed by atoms with van der Waals surface area (Å²) in [5.74, 6) is 6.67. The SMILES string of the molecule is CCCCCCC#Cc1ccccc1C1OC1CCC. The van der Waals surface area contributed by atoms with E-state index in [1.165, 1.54) is 37.7 Å². The van der Waals surface area contributed by atoms with E-state index in [1.54, 1.807) is 0 Å². The van der Waals surface area contributed by atoms with Crippen LogP contribution in [0.3, 0.4) is 0 Å². The zero-order valence-electron chi connectivity index (χ0n) is 12.8. The molecular weight excluding hydrogens is 244 g/mol. The summed E-state index contributed by atoms with van der Waals surface area (Å²) in [6.45, 7) is 4.45. The van der Waals surface area contributed by atoms with Gasteiger partial charge in [-0.1, -0.05) is 69.6 Å². The van der Waals surface area contributed by atoms with Crippen molar-refractivity contribution < 1.29 is 4.74 Å². The molecule has 108 valence electrons. The van der Waals surface area contributed by atoms with Crippen LogP contribution < -0.4 is 0 Å². The number of benzene rings is 1. The van der Waals surface area contributed by atoms with E-state index in [0.717, 1.165) is 18.4 Å². The van der Waals surface area contributed by atoms with Crippen LogP contribution in [-0.4, -0.2) is 6.10 Å². The molecular formula is C19H26O. The molecule has 1 saturated heterocycles. The van der Waals surface area contributed by atoms with Gasteiger partial charge in [-0.15, -0.1) is 0 Å². The Labute approximate surface area is 123 Å². The summed E-state index contributed by atoms with van der Waals surface area (Å²) in [6.07, 6.45) is 9.21. The number of unbranched alkanes of at least 4 members (excludes halogenated alkanes) is 4. The lowest BCUT2D eigenvalue weighted by Crippen LogP contribution is -1.91. The van der Waals surface area contributed by atoms with Crippen LogP contribution in [0.1, 0.15) is 76.0 Å². The van der Waals surface area contributed by atoms with Crippen molar-refractivity contribution in [2.45, 2.75) is 71.0 Å². The van der Waals surface area contributed by atoms with Crippen molar-refractivity contribution in [3.63, 3.8) is 0 Å². The van der Waals surface area contributed by atoms with Gasteiger partial charge in [0.1, 0.15) is 6.10 Å². The van der Waals surface area contributed by atoms with Crippen LogP contribution >= 0.6 is 0 Å². The molecule has 1 heterocycles. The predicted octanol–water partition coefficient (Wildman–Crippen LogP) is 5.25. The average Bonchev–Trinajstić information content (AvgIpc) is 3.23. The molecule has 2 rings (SSSR count). The fourth-order valence-corrected chi connectivity index (χ4v) is 2.58.